The minimum absolute atomic E-state index is 0.767. The van der Waals surface area contributed by atoms with Gasteiger partial charge in [0.05, 0.1) is 0 Å². The molecule has 1 rings (SSSR count). The van der Waals surface area contributed by atoms with Crippen molar-refractivity contribution in [3.05, 3.63) is 0 Å². The summed E-state index contributed by atoms with van der Waals surface area (Å²) in [4.78, 5) is 0. The smallest absolute Gasteiger partial charge is 0.00695 e. The van der Waals surface area contributed by atoms with Gasteiger partial charge in [0.15, 0.2) is 0 Å². The van der Waals surface area contributed by atoms with Crippen LogP contribution in [-0.2, 0) is 0 Å². The van der Waals surface area contributed by atoms with Crippen molar-refractivity contribution < 1.29 is 0 Å². The highest BCUT2D eigenvalue weighted by atomic mass is 15.0. The van der Waals surface area contributed by atoms with E-state index in [4.69, 9.17) is 0 Å². The molecule has 0 aromatic rings. The zero-order valence-electron chi connectivity index (χ0n) is 9.47. The van der Waals surface area contributed by atoms with Crippen molar-refractivity contribution in [2.45, 2.75) is 71.4 Å². The first-order valence-corrected chi connectivity index (χ1v) is 6.04. The van der Waals surface area contributed by atoms with Crippen molar-refractivity contribution >= 4 is 0 Å². The summed E-state index contributed by atoms with van der Waals surface area (Å²) in [6.45, 7) is 6.92. The molecule has 1 nitrogen and oxygen atoms in total. The van der Waals surface area contributed by atoms with Gasteiger partial charge in [-0.1, -0.05) is 26.7 Å². The molecule has 1 saturated carbocycles. The highest BCUT2D eigenvalue weighted by molar-refractivity contribution is 4.85. The topological polar surface area (TPSA) is 12.0 Å². The molecule has 1 unspecified atom stereocenters. The second-order valence-electron chi connectivity index (χ2n) is 4.57. The van der Waals surface area contributed by atoms with Crippen LogP contribution in [0.2, 0.25) is 0 Å². The third-order valence-electron chi connectivity index (χ3n) is 3.10. The molecule has 1 fully saturated rings. The number of rotatable bonds is 7. The van der Waals surface area contributed by atoms with Gasteiger partial charge in [0.2, 0.25) is 0 Å². The van der Waals surface area contributed by atoms with Crippen LogP contribution in [0.25, 0.3) is 0 Å². The first kappa shape index (κ1) is 11.0. The maximum atomic E-state index is 3.78. The Morgan fingerprint density at radius 3 is 2.08 bits per heavy atom. The monoisotopic (exact) mass is 183 g/mol. The summed E-state index contributed by atoms with van der Waals surface area (Å²) in [5.41, 5.74) is 0. The summed E-state index contributed by atoms with van der Waals surface area (Å²) >= 11 is 0. The van der Waals surface area contributed by atoms with Crippen molar-refractivity contribution in [3.8, 4) is 0 Å². The quantitative estimate of drug-likeness (QED) is 0.638. The summed E-state index contributed by atoms with van der Waals surface area (Å²) < 4.78 is 0. The predicted octanol–water partition coefficient (Wildman–Crippen LogP) is 3.34. The van der Waals surface area contributed by atoms with Gasteiger partial charge in [-0.2, -0.15) is 0 Å². The van der Waals surface area contributed by atoms with Gasteiger partial charge in [0, 0.05) is 12.1 Å². The van der Waals surface area contributed by atoms with Crippen LogP contribution in [0.5, 0.6) is 0 Å². The largest absolute Gasteiger partial charge is 0.311 e. The Kier molecular flexibility index (Phi) is 4.79. The molecule has 1 N–H and O–H groups in total. The molecule has 0 spiro atoms. The first-order valence-electron chi connectivity index (χ1n) is 6.04. The van der Waals surface area contributed by atoms with Crippen LogP contribution >= 0.6 is 0 Å². The average Bonchev–Trinajstić information content (AvgIpc) is 2.87. The van der Waals surface area contributed by atoms with Crippen LogP contribution in [0, 0.1) is 5.92 Å². The van der Waals surface area contributed by atoms with Crippen LogP contribution in [0.3, 0.4) is 0 Å². The standard InChI is InChI=1S/C12H25N/c1-4-6-12(7-5-2)13-10(3)11-8-9-11/h10-13H,4-9H2,1-3H3. The molecule has 0 aliphatic heterocycles. The Morgan fingerprint density at radius 1 is 1.15 bits per heavy atom. The lowest BCUT2D eigenvalue weighted by atomic mass is 10.0. The molecule has 78 valence electrons. The Balaban J connectivity index is 2.18. The van der Waals surface area contributed by atoms with Crippen molar-refractivity contribution in [3.63, 3.8) is 0 Å². The first-order chi connectivity index (χ1) is 6.27. The van der Waals surface area contributed by atoms with E-state index in [9.17, 15) is 0 Å². The zero-order chi connectivity index (χ0) is 9.68. The number of nitrogens with one attached hydrogen (secondary N) is 1. The highest BCUT2D eigenvalue weighted by Gasteiger charge is 2.28. The Bertz CT molecular complexity index is 123. The van der Waals surface area contributed by atoms with Crippen LogP contribution in [0.1, 0.15) is 59.3 Å². The summed E-state index contributed by atoms with van der Waals surface area (Å²) in [7, 11) is 0. The third-order valence-corrected chi connectivity index (χ3v) is 3.10. The van der Waals surface area contributed by atoms with E-state index in [1.807, 2.05) is 0 Å². The van der Waals surface area contributed by atoms with Gasteiger partial charge in [0.25, 0.3) is 0 Å². The van der Waals surface area contributed by atoms with E-state index >= 15 is 0 Å². The Labute approximate surface area is 83.3 Å². The minimum Gasteiger partial charge on any atom is -0.311 e. The van der Waals surface area contributed by atoms with Crippen molar-refractivity contribution in [1.82, 2.24) is 5.32 Å². The highest BCUT2D eigenvalue weighted by Crippen LogP contribution is 2.32. The maximum absolute atomic E-state index is 3.78. The van der Waals surface area contributed by atoms with E-state index in [2.05, 4.69) is 26.1 Å². The van der Waals surface area contributed by atoms with Gasteiger partial charge < -0.3 is 5.32 Å². The number of hydrogen-bond donors (Lipinski definition) is 1. The number of hydrogen-bond acceptors (Lipinski definition) is 1. The van der Waals surface area contributed by atoms with Crippen LogP contribution in [0.15, 0.2) is 0 Å². The summed E-state index contributed by atoms with van der Waals surface area (Å²) in [6.07, 6.45) is 8.25. The predicted molar refractivity (Wildman–Crippen MR) is 58.9 cm³/mol. The zero-order valence-corrected chi connectivity index (χ0v) is 9.47. The fraction of sp³-hybridized carbons (Fsp3) is 1.00. The molecule has 1 atom stereocenters. The fourth-order valence-corrected chi connectivity index (χ4v) is 2.11. The van der Waals surface area contributed by atoms with Gasteiger partial charge in [-0.15, -0.1) is 0 Å². The molecule has 0 heterocycles. The van der Waals surface area contributed by atoms with Crippen LogP contribution < -0.4 is 5.32 Å². The molecule has 13 heavy (non-hydrogen) atoms. The minimum atomic E-state index is 0.767. The molecular formula is C12H25N. The molecule has 0 saturated heterocycles. The lowest BCUT2D eigenvalue weighted by Crippen LogP contribution is -2.37. The van der Waals surface area contributed by atoms with E-state index in [1.54, 1.807) is 0 Å². The lowest BCUT2D eigenvalue weighted by molar-refractivity contribution is 0.375. The SMILES string of the molecule is CCCC(CCC)NC(C)C1CC1. The van der Waals surface area contributed by atoms with E-state index in [-0.39, 0.29) is 0 Å². The molecule has 0 bridgehead atoms. The van der Waals surface area contributed by atoms with Gasteiger partial charge in [-0.05, 0) is 38.5 Å². The molecule has 1 heteroatoms. The van der Waals surface area contributed by atoms with Gasteiger partial charge in [-0.3, -0.25) is 0 Å². The molecule has 0 radical (unpaired) electrons. The van der Waals surface area contributed by atoms with Gasteiger partial charge >= 0.3 is 0 Å². The Hall–Kier alpha value is -0.0400. The second kappa shape index (κ2) is 5.64. The Morgan fingerprint density at radius 2 is 1.69 bits per heavy atom. The van der Waals surface area contributed by atoms with E-state index in [0.29, 0.717) is 0 Å². The van der Waals surface area contributed by atoms with E-state index in [1.165, 1.54) is 38.5 Å². The summed E-state index contributed by atoms with van der Waals surface area (Å²) in [6, 6.07) is 1.55. The molecule has 0 aromatic heterocycles. The molecule has 0 aromatic carbocycles. The molecular weight excluding hydrogens is 158 g/mol. The molecule has 0 amide bonds. The normalized spacial score (nSPS) is 19.4. The van der Waals surface area contributed by atoms with Crippen molar-refractivity contribution in [2.24, 2.45) is 5.92 Å². The molecule has 1 aliphatic carbocycles. The summed E-state index contributed by atoms with van der Waals surface area (Å²) in [5.74, 6) is 0.996. The van der Waals surface area contributed by atoms with Gasteiger partial charge in [0.1, 0.15) is 0 Å². The third kappa shape index (κ3) is 4.12. The summed E-state index contributed by atoms with van der Waals surface area (Å²) in [5, 5.41) is 3.78. The average molecular weight is 183 g/mol. The second-order valence-corrected chi connectivity index (χ2v) is 4.57. The van der Waals surface area contributed by atoms with Gasteiger partial charge in [-0.25, -0.2) is 0 Å². The maximum Gasteiger partial charge on any atom is 0.00695 e. The lowest BCUT2D eigenvalue weighted by Gasteiger charge is -2.22. The fourth-order valence-electron chi connectivity index (χ4n) is 2.11. The van der Waals surface area contributed by atoms with E-state index in [0.717, 1.165) is 18.0 Å². The molecule has 1 aliphatic rings. The van der Waals surface area contributed by atoms with E-state index < -0.39 is 0 Å². The van der Waals surface area contributed by atoms with Crippen LogP contribution in [0.4, 0.5) is 0 Å². The van der Waals surface area contributed by atoms with Crippen molar-refractivity contribution in [1.29, 1.82) is 0 Å². The van der Waals surface area contributed by atoms with Crippen LogP contribution in [-0.4, -0.2) is 12.1 Å². The van der Waals surface area contributed by atoms with Crippen molar-refractivity contribution in [2.75, 3.05) is 0 Å².